The Labute approximate surface area is 104 Å². The van der Waals surface area contributed by atoms with Crippen LogP contribution in [0.2, 0.25) is 0 Å². The molecule has 16 heavy (non-hydrogen) atoms. The Hall–Kier alpha value is -1.21. The lowest BCUT2D eigenvalue weighted by molar-refractivity contribution is 0.859. The fraction of sp³-hybridized carbons (Fsp3) is 0.222. The summed E-state index contributed by atoms with van der Waals surface area (Å²) in [6.45, 7) is 1.98. The van der Waals surface area contributed by atoms with Gasteiger partial charge in [0, 0.05) is 11.6 Å². The smallest absolute Gasteiger partial charge is 0.280 e. The molecule has 0 amide bonds. The summed E-state index contributed by atoms with van der Waals surface area (Å²) in [6.07, 6.45) is 3.32. The van der Waals surface area contributed by atoms with E-state index in [-0.39, 0.29) is 11.6 Å². The number of thiazole rings is 1. The molecule has 2 aromatic rings. The number of hydrogen-bond donors (Lipinski definition) is 2. The Balaban J connectivity index is 2.21. The molecule has 5 nitrogen and oxygen atoms in total. The Morgan fingerprint density at radius 2 is 2.44 bits per heavy atom. The van der Waals surface area contributed by atoms with E-state index in [0.29, 0.717) is 10.2 Å². The molecule has 0 radical (unpaired) electrons. The third-order valence-electron chi connectivity index (χ3n) is 1.99. The monoisotopic (exact) mass is 300 g/mol. The summed E-state index contributed by atoms with van der Waals surface area (Å²) in [5, 5.41) is 12.1. The maximum Gasteiger partial charge on any atom is 0.280 e. The Morgan fingerprint density at radius 1 is 1.62 bits per heavy atom. The van der Waals surface area contributed by atoms with E-state index in [9.17, 15) is 4.79 Å². The van der Waals surface area contributed by atoms with Crippen molar-refractivity contribution in [3.63, 3.8) is 0 Å². The number of anilines is 1. The van der Waals surface area contributed by atoms with E-state index < -0.39 is 0 Å². The van der Waals surface area contributed by atoms with Crippen LogP contribution in [-0.2, 0) is 0 Å². The van der Waals surface area contributed by atoms with Gasteiger partial charge in [0.25, 0.3) is 5.56 Å². The van der Waals surface area contributed by atoms with Crippen LogP contribution >= 0.6 is 27.3 Å². The maximum atomic E-state index is 11.3. The van der Waals surface area contributed by atoms with E-state index in [0.717, 1.165) is 5.01 Å². The van der Waals surface area contributed by atoms with Crippen LogP contribution in [0, 0.1) is 0 Å². The lowest BCUT2D eigenvalue weighted by Gasteiger charge is -2.12. The minimum Gasteiger partial charge on any atom is -0.374 e. The second kappa shape index (κ2) is 4.75. The number of H-pyrrole nitrogens is 1. The average Bonchev–Trinajstić information content (AvgIpc) is 2.78. The van der Waals surface area contributed by atoms with Gasteiger partial charge in [-0.05, 0) is 22.9 Å². The molecule has 0 aliphatic carbocycles. The largest absolute Gasteiger partial charge is 0.374 e. The zero-order valence-corrected chi connectivity index (χ0v) is 10.8. The molecule has 0 saturated carbocycles. The normalized spacial score (nSPS) is 12.4. The zero-order chi connectivity index (χ0) is 11.5. The third kappa shape index (κ3) is 2.30. The third-order valence-corrected chi connectivity index (χ3v) is 3.73. The molecular formula is C9H9BrN4OS. The van der Waals surface area contributed by atoms with Gasteiger partial charge < -0.3 is 5.32 Å². The molecule has 1 atom stereocenters. The van der Waals surface area contributed by atoms with E-state index in [1.54, 1.807) is 23.7 Å². The highest BCUT2D eigenvalue weighted by molar-refractivity contribution is 9.10. The number of nitrogens with zero attached hydrogens (tertiary/aromatic N) is 2. The van der Waals surface area contributed by atoms with Crippen LogP contribution < -0.4 is 10.9 Å². The van der Waals surface area contributed by atoms with Crippen LogP contribution in [0.25, 0.3) is 0 Å². The lowest BCUT2D eigenvalue weighted by atomic mass is 10.3. The minimum atomic E-state index is -0.253. The zero-order valence-electron chi connectivity index (χ0n) is 8.40. The molecule has 0 aliphatic rings. The van der Waals surface area contributed by atoms with E-state index in [1.807, 2.05) is 12.3 Å². The molecule has 2 heterocycles. The molecule has 7 heteroatoms. The highest BCUT2D eigenvalue weighted by atomic mass is 79.9. The second-order valence-corrected chi connectivity index (χ2v) is 4.88. The molecule has 2 rings (SSSR count). The molecule has 0 aromatic carbocycles. The van der Waals surface area contributed by atoms with Crippen molar-refractivity contribution in [2.75, 3.05) is 5.32 Å². The van der Waals surface area contributed by atoms with Crippen LogP contribution in [0.1, 0.15) is 18.0 Å². The Morgan fingerprint density at radius 3 is 3.12 bits per heavy atom. The Kier molecular flexibility index (Phi) is 3.35. The SMILES string of the molecule is CC(Nc1cn[nH]c(=O)c1Br)c1nccs1. The first kappa shape index (κ1) is 11.3. The van der Waals surface area contributed by atoms with Gasteiger partial charge >= 0.3 is 0 Å². The van der Waals surface area contributed by atoms with Gasteiger partial charge in [-0.25, -0.2) is 10.1 Å². The maximum absolute atomic E-state index is 11.3. The summed E-state index contributed by atoms with van der Waals surface area (Å²) in [6, 6.07) is 0.0416. The van der Waals surface area contributed by atoms with Crippen molar-refractivity contribution in [3.8, 4) is 0 Å². The van der Waals surface area contributed by atoms with Crippen molar-refractivity contribution in [1.82, 2.24) is 15.2 Å². The van der Waals surface area contributed by atoms with Gasteiger partial charge in [-0.1, -0.05) is 0 Å². The van der Waals surface area contributed by atoms with Gasteiger partial charge in [0.2, 0.25) is 0 Å². The van der Waals surface area contributed by atoms with Crippen LogP contribution in [0.3, 0.4) is 0 Å². The van der Waals surface area contributed by atoms with Crippen LogP contribution in [0.15, 0.2) is 27.0 Å². The summed E-state index contributed by atoms with van der Waals surface area (Å²) in [5.41, 5.74) is 0.405. The molecule has 84 valence electrons. The Bertz CT molecular complexity index is 525. The van der Waals surface area contributed by atoms with Crippen molar-refractivity contribution < 1.29 is 0 Å². The van der Waals surface area contributed by atoms with Crippen molar-refractivity contribution in [1.29, 1.82) is 0 Å². The lowest BCUT2D eigenvalue weighted by Crippen LogP contribution is -2.14. The highest BCUT2D eigenvalue weighted by Gasteiger charge is 2.11. The fourth-order valence-corrected chi connectivity index (χ4v) is 2.18. The van der Waals surface area contributed by atoms with Gasteiger partial charge in [0.15, 0.2) is 0 Å². The summed E-state index contributed by atoms with van der Waals surface area (Å²) in [7, 11) is 0. The number of aromatic amines is 1. The van der Waals surface area contributed by atoms with E-state index in [2.05, 4.69) is 36.4 Å². The van der Waals surface area contributed by atoms with Crippen molar-refractivity contribution >= 4 is 33.0 Å². The first-order chi connectivity index (χ1) is 7.68. The summed E-state index contributed by atoms with van der Waals surface area (Å²) >= 11 is 4.77. The minimum absolute atomic E-state index is 0.0416. The van der Waals surface area contributed by atoms with Crippen molar-refractivity contribution in [2.24, 2.45) is 0 Å². The molecule has 2 aromatic heterocycles. The summed E-state index contributed by atoms with van der Waals surface area (Å²) in [4.78, 5) is 15.5. The quantitative estimate of drug-likeness (QED) is 0.911. The van der Waals surface area contributed by atoms with Crippen LogP contribution in [0.5, 0.6) is 0 Å². The molecular weight excluding hydrogens is 292 g/mol. The van der Waals surface area contributed by atoms with E-state index >= 15 is 0 Å². The van der Waals surface area contributed by atoms with Gasteiger partial charge in [-0.15, -0.1) is 11.3 Å². The summed E-state index contributed by atoms with van der Waals surface area (Å²) < 4.78 is 0.450. The highest BCUT2D eigenvalue weighted by Crippen LogP contribution is 2.23. The van der Waals surface area contributed by atoms with Crippen LogP contribution in [0.4, 0.5) is 5.69 Å². The molecule has 0 spiro atoms. The van der Waals surface area contributed by atoms with Gasteiger partial charge in [-0.3, -0.25) is 4.79 Å². The van der Waals surface area contributed by atoms with E-state index in [4.69, 9.17) is 0 Å². The van der Waals surface area contributed by atoms with Gasteiger partial charge in [0.05, 0.1) is 17.9 Å². The van der Waals surface area contributed by atoms with Crippen LogP contribution in [-0.4, -0.2) is 15.2 Å². The number of nitrogens with one attached hydrogen (secondary N) is 2. The summed E-state index contributed by atoms with van der Waals surface area (Å²) in [5.74, 6) is 0. The predicted octanol–water partition coefficient (Wildman–Crippen LogP) is 2.16. The molecule has 0 fully saturated rings. The first-order valence-corrected chi connectivity index (χ1v) is 6.25. The standard InChI is InChI=1S/C9H9BrN4OS/c1-5(9-11-2-3-16-9)13-6-4-12-14-8(15)7(6)10/h2-5H,1H3,(H2,13,14,15). The number of hydrogen-bond acceptors (Lipinski definition) is 5. The molecule has 2 N–H and O–H groups in total. The number of halogens is 1. The van der Waals surface area contributed by atoms with Gasteiger partial charge in [-0.2, -0.15) is 5.10 Å². The van der Waals surface area contributed by atoms with Crippen molar-refractivity contribution in [3.05, 3.63) is 37.6 Å². The van der Waals surface area contributed by atoms with E-state index in [1.165, 1.54) is 0 Å². The van der Waals surface area contributed by atoms with Crippen molar-refractivity contribution in [2.45, 2.75) is 13.0 Å². The average molecular weight is 301 g/mol. The fourth-order valence-electron chi connectivity index (χ4n) is 1.23. The first-order valence-electron chi connectivity index (χ1n) is 4.57. The number of rotatable bonds is 3. The van der Waals surface area contributed by atoms with Gasteiger partial charge in [0.1, 0.15) is 9.48 Å². The predicted molar refractivity (Wildman–Crippen MR) is 66.7 cm³/mol. The molecule has 1 unspecified atom stereocenters. The molecule has 0 bridgehead atoms. The molecule has 0 saturated heterocycles. The topological polar surface area (TPSA) is 70.7 Å². The second-order valence-electron chi connectivity index (χ2n) is 3.16. The number of aromatic nitrogens is 3. The molecule has 0 aliphatic heterocycles.